The number of aromatic nitrogens is 1. The lowest BCUT2D eigenvalue weighted by Gasteiger charge is -2.16. The molecule has 1 aliphatic carbocycles. The number of nitrogens with zero attached hydrogens (tertiary/aromatic N) is 2. The number of rotatable bonds is 5. The maximum absolute atomic E-state index is 12.2. The predicted molar refractivity (Wildman–Crippen MR) is 67.0 cm³/mol. The maximum Gasteiger partial charge on any atom is 0.303 e. The first-order valence-electron chi connectivity index (χ1n) is 6.54. The molecule has 0 atom stereocenters. The molecule has 0 saturated carbocycles. The number of carbonyl (C=O) groups excluding carboxylic acids is 1. The van der Waals surface area contributed by atoms with Crippen molar-refractivity contribution in [1.29, 1.82) is 0 Å². The van der Waals surface area contributed by atoms with Crippen LogP contribution in [0.2, 0.25) is 0 Å². The topological polar surface area (TPSA) is 83.6 Å². The first kappa shape index (κ1) is 13.6. The van der Waals surface area contributed by atoms with Crippen molar-refractivity contribution in [3.8, 4) is 0 Å². The number of aryl methyl sites for hydroxylation is 1. The number of hydrogen-bond donors (Lipinski definition) is 1. The second-order valence-electron chi connectivity index (χ2n) is 4.86. The molecule has 6 nitrogen and oxygen atoms in total. The van der Waals surface area contributed by atoms with E-state index in [-0.39, 0.29) is 12.3 Å². The van der Waals surface area contributed by atoms with Crippen LogP contribution in [-0.4, -0.2) is 40.6 Å². The van der Waals surface area contributed by atoms with Crippen LogP contribution in [0.25, 0.3) is 0 Å². The van der Waals surface area contributed by atoms with Crippen LogP contribution >= 0.6 is 0 Å². The second-order valence-corrected chi connectivity index (χ2v) is 4.86. The van der Waals surface area contributed by atoms with Gasteiger partial charge in [0.15, 0.2) is 5.69 Å². The molecule has 1 N–H and O–H groups in total. The highest BCUT2D eigenvalue weighted by Crippen LogP contribution is 2.24. The van der Waals surface area contributed by atoms with E-state index in [1.807, 2.05) is 0 Å². The van der Waals surface area contributed by atoms with Gasteiger partial charge in [-0.05, 0) is 25.7 Å². The number of carboxylic acid groups (broad SMARTS) is 1. The van der Waals surface area contributed by atoms with Gasteiger partial charge in [0, 0.05) is 32.0 Å². The predicted octanol–water partition coefficient (Wildman–Crippen LogP) is 1.49. The minimum atomic E-state index is -0.848. The minimum absolute atomic E-state index is 0.0640. The maximum atomic E-state index is 12.2. The molecule has 0 unspecified atom stereocenters. The fourth-order valence-corrected chi connectivity index (χ4v) is 2.30. The average Bonchev–Trinajstić information content (AvgIpc) is 2.81. The van der Waals surface area contributed by atoms with Crippen LogP contribution < -0.4 is 0 Å². The van der Waals surface area contributed by atoms with Crippen LogP contribution in [0.5, 0.6) is 0 Å². The SMILES string of the molecule is CN(CCCC(=O)O)C(=O)c1noc2c1CCCC2. The monoisotopic (exact) mass is 266 g/mol. The average molecular weight is 266 g/mol. The second kappa shape index (κ2) is 5.86. The third kappa shape index (κ3) is 3.13. The van der Waals surface area contributed by atoms with E-state index in [0.29, 0.717) is 18.7 Å². The molecule has 0 bridgehead atoms. The summed E-state index contributed by atoms with van der Waals surface area (Å²) in [6.07, 6.45) is 4.31. The van der Waals surface area contributed by atoms with E-state index in [9.17, 15) is 9.59 Å². The van der Waals surface area contributed by atoms with E-state index >= 15 is 0 Å². The summed E-state index contributed by atoms with van der Waals surface area (Å²) in [5.74, 6) is -0.203. The molecular formula is C13H18N2O4. The molecule has 1 aromatic heterocycles. The third-order valence-electron chi connectivity index (χ3n) is 3.38. The molecule has 6 heteroatoms. The number of hydrogen-bond acceptors (Lipinski definition) is 4. The van der Waals surface area contributed by atoms with Gasteiger partial charge in [-0.15, -0.1) is 0 Å². The number of aliphatic carboxylic acids is 1. The number of fused-ring (bicyclic) bond motifs is 1. The van der Waals surface area contributed by atoms with Gasteiger partial charge in [0.25, 0.3) is 5.91 Å². The molecule has 1 aromatic rings. The van der Waals surface area contributed by atoms with E-state index in [1.54, 1.807) is 7.05 Å². The van der Waals surface area contributed by atoms with Gasteiger partial charge in [-0.25, -0.2) is 0 Å². The van der Waals surface area contributed by atoms with E-state index in [0.717, 1.165) is 37.0 Å². The van der Waals surface area contributed by atoms with Crippen LogP contribution in [0.4, 0.5) is 0 Å². The summed E-state index contributed by atoms with van der Waals surface area (Å²) >= 11 is 0. The summed E-state index contributed by atoms with van der Waals surface area (Å²) in [4.78, 5) is 24.2. The molecule has 0 spiro atoms. The molecule has 19 heavy (non-hydrogen) atoms. The van der Waals surface area contributed by atoms with Crippen molar-refractivity contribution in [3.63, 3.8) is 0 Å². The summed E-state index contributed by atoms with van der Waals surface area (Å²) in [7, 11) is 1.66. The van der Waals surface area contributed by atoms with Crippen LogP contribution in [0.3, 0.4) is 0 Å². The van der Waals surface area contributed by atoms with E-state index < -0.39 is 5.97 Å². The zero-order valence-electron chi connectivity index (χ0n) is 11.0. The highest BCUT2D eigenvalue weighted by atomic mass is 16.5. The number of carbonyl (C=O) groups is 2. The number of amides is 1. The molecule has 0 fully saturated rings. The Morgan fingerprint density at radius 2 is 2.11 bits per heavy atom. The van der Waals surface area contributed by atoms with Gasteiger partial charge in [0.1, 0.15) is 5.76 Å². The van der Waals surface area contributed by atoms with Gasteiger partial charge in [0.05, 0.1) is 0 Å². The van der Waals surface area contributed by atoms with Crippen molar-refractivity contribution in [3.05, 3.63) is 17.0 Å². The Balaban J connectivity index is 1.99. The third-order valence-corrected chi connectivity index (χ3v) is 3.38. The largest absolute Gasteiger partial charge is 0.481 e. The smallest absolute Gasteiger partial charge is 0.303 e. The van der Waals surface area contributed by atoms with Gasteiger partial charge in [0.2, 0.25) is 0 Å². The highest BCUT2D eigenvalue weighted by molar-refractivity contribution is 5.93. The molecule has 0 saturated heterocycles. The van der Waals surface area contributed by atoms with Gasteiger partial charge in [-0.2, -0.15) is 0 Å². The molecule has 0 aliphatic heterocycles. The zero-order chi connectivity index (χ0) is 13.8. The molecule has 1 heterocycles. The normalized spacial score (nSPS) is 13.9. The summed E-state index contributed by atoms with van der Waals surface area (Å²) < 4.78 is 5.21. The molecule has 0 radical (unpaired) electrons. The molecule has 104 valence electrons. The first-order valence-corrected chi connectivity index (χ1v) is 6.54. The number of carboxylic acids is 1. The van der Waals surface area contributed by atoms with E-state index in [2.05, 4.69) is 5.16 Å². The fraction of sp³-hybridized carbons (Fsp3) is 0.615. The lowest BCUT2D eigenvalue weighted by Crippen LogP contribution is -2.29. The van der Waals surface area contributed by atoms with Crippen molar-refractivity contribution < 1.29 is 19.2 Å². The first-order chi connectivity index (χ1) is 9.09. The van der Waals surface area contributed by atoms with Crippen LogP contribution in [0, 0.1) is 0 Å². The Kier molecular flexibility index (Phi) is 4.19. The van der Waals surface area contributed by atoms with Crippen molar-refractivity contribution in [2.75, 3.05) is 13.6 Å². The van der Waals surface area contributed by atoms with Gasteiger partial charge in [-0.3, -0.25) is 9.59 Å². The van der Waals surface area contributed by atoms with Gasteiger partial charge in [-0.1, -0.05) is 5.16 Å². The fourth-order valence-electron chi connectivity index (χ4n) is 2.30. The van der Waals surface area contributed by atoms with Crippen molar-refractivity contribution in [2.45, 2.75) is 38.5 Å². The summed E-state index contributed by atoms with van der Waals surface area (Å²) in [5, 5.41) is 12.5. The van der Waals surface area contributed by atoms with Crippen molar-refractivity contribution in [2.24, 2.45) is 0 Å². The Bertz CT molecular complexity index is 481. The van der Waals surface area contributed by atoms with Crippen molar-refractivity contribution in [1.82, 2.24) is 10.1 Å². The Hall–Kier alpha value is -1.85. The Morgan fingerprint density at radius 1 is 1.37 bits per heavy atom. The molecular weight excluding hydrogens is 248 g/mol. The van der Waals surface area contributed by atoms with Gasteiger partial charge >= 0.3 is 5.97 Å². The standard InChI is InChI=1S/C13H18N2O4/c1-15(8-4-7-11(16)17)13(18)12-9-5-2-3-6-10(9)19-14-12/h2-8H2,1H3,(H,16,17). The van der Waals surface area contributed by atoms with E-state index in [4.69, 9.17) is 9.63 Å². The van der Waals surface area contributed by atoms with Crippen LogP contribution in [0.15, 0.2) is 4.52 Å². The lowest BCUT2D eigenvalue weighted by molar-refractivity contribution is -0.137. The Morgan fingerprint density at radius 3 is 2.84 bits per heavy atom. The highest BCUT2D eigenvalue weighted by Gasteiger charge is 2.25. The zero-order valence-corrected chi connectivity index (χ0v) is 11.0. The molecule has 1 aliphatic rings. The van der Waals surface area contributed by atoms with Crippen LogP contribution in [0.1, 0.15) is 47.5 Å². The Labute approximate surface area is 111 Å². The quantitative estimate of drug-likeness (QED) is 0.872. The summed E-state index contributed by atoms with van der Waals surface area (Å²) in [6, 6.07) is 0. The molecule has 1 amide bonds. The molecule has 2 rings (SSSR count). The summed E-state index contributed by atoms with van der Waals surface area (Å²) in [5.41, 5.74) is 1.33. The lowest BCUT2D eigenvalue weighted by atomic mass is 9.96. The van der Waals surface area contributed by atoms with E-state index in [1.165, 1.54) is 4.90 Å². The molecule has 0 aromatic carbocycles. The van der Waals surface area contributed by atoms with Crippen molar-refractivity contribution >= 4 is 11.9 Å². The van der Waals surface area contributed by atoms with Crippen LogP contribution in [-0.2, 0) is 17.6 Å². The van der Waals surface area contributed by atoms with Gasteiger partial charge < -0.3 is 14.5 Å². The summed E-state index contributed by atoms with van der Waals surface area (Å²) in [6.45, 7) is 0.409. The minimum Gasteiger partial charge on any atom is -0.481 e.